The first kappa shape index (κ1) is 13.7. The SMILES string of the molecule is CC=CCC(=O)OC(C)(C)C(=O)OCC. The molecule has 0 atom stereocenters. The van der Waals surface area contributed by atoms with Gasteiger partial charge < -0.3 is 9.47 Å². The Morgan fingerprint density at radius 2 is 1.93 bits per heavy atom. The smallest absolute Gasteiger partial charge is 0.349 e. The molecule has 0 unspecified atom stereocenters. The zero-order valence-corrected chi connectivity index (χ0v) is 9.70. The number of hydrogen-bond acceptors (Lipinski definition) is 4. The van der Waals surface area contributed by atoms with E-state index in [9.17, 15) is 9.59 Å². The van der Waals surface area contributed by atoms with Gasteiger partial charge in [-0.15, -0.1) is 0 Å². The lowest BCUT2D eigenvalue weighted by molar-refractivity contribution is -0.177. The summed E-state index contributed by atoms with van der Waals surface area (Å²) in [6.07, 6.45) is 3.58. The molecule has 0 radical (unpaired) electrons. The minimum atomic E-state index is -1.21. The van der Waals surface area contributed by atoms with E-state index in [0.29, 0.717) is 0 Å². The van der Waals surface area contributed by atoms with Crippen molar-refractivity contribution in [2.45, 2.75) is 39.7 Å². The molecule has 0 saturated heterocycles. The molecular formula is C11H18O4. The minimum Gasteiger partial charge on any atom is -0.463 e. The highest BCUT2D eigenvalue weighted by molar-refractivity contribution is 5.82. The van der Waals surface area contributed by atoms with Crippen molar-refractivity contribution in [3.8, 4) is 0 Å². The van der Waals surface area contributed by atoms with Crippen molar-refractivity contribution in [2.75, 3.05) is 6.61 Å². The van der Waals surface area contributed by atoms with Crippen LogP contribution in [0.2, 0.25) is 0 Å². The Morgan fingerprint density at radius 3 is 2.40 bits per heavy atom. The molecule has 4 heteroatoms. The highest BCUT2D eigenvalue weighted by Crippen LogP contribution is 2.12. The van der Waals surface area contributed by atoms with Crippen molar-refractivity contribution in [2.24, 2.45) is 0 Å². The Hall–Kier alpha value is -1.32. The third-order valence-electron chi connectivity index (χ3n) is 1.66. The normalized spacial score (nSPS) is 11.5. The lowest BCUT2D eigenvalue weighted by Gasteiger charge is -2.22. The zero-order valence-electron chi connectivity index (χ0n) is 9.70. The van der Waals surface area contributed by atoms with Crippen LogP contribution < -0.4 is 0 Å². The van der Waals surface area contributed by atoms with Gasteiger partial charge in [0.2, 0.25) is 5.60 Å². The van der Waals surface area contributed by atoms with Crippen LogP contribution in [0.15, 0.2) is 12.2 Å². The van der Waals surface area contributed by atoms with E-state index in [4.69, 9.17) is 9.47 Å². The quantitative estimate of drug-likeness (QED) is 0.517. The van der Waals surface area contributed by atoms with Gasteiger partial charge in [-0.25, -0.2) is 4.79 Å². The van der Waals surface area contributed by atoms with Gasteiger partial charge in [0.05, 0.1) is 13.0 Å². The van der Waals surface area contributed by atoms with E-state index in [1.165, 1.54) is 13.8 Å². The van der Waals surface area contributed by atoms with E-state index in [-0.39, 0.29) is 13.0 Å². The Labute approximate surface area is 90.2 Å². The minimum absolute atomic E-state index is 0.166. The summed E-state index contributed by atoms with van der Waals surface area (Å²) in [6, 6.07) is 0. The second-order valence-corrected chi connectivity index (χ2v) is 3.48. The number of carbonyl (C=O) groups excluding carboxylic acids is 2. The van der Waals surface area contributed by atoms with Gasteiger partial charge in [-0.1, -0.05) is 12.2 Å². The molecule has 0 aliphatic carbocycles. The molecule has 86 valence electrons. The number of rotatable bonds is 5. The summed E-state index contributed by atoms with van der Waals surface area (Å²) in [5, 5.41) is 0. The molecule has 0 aromatic rings. The predicted molar refractivity (Wildman–Crippen MR) is 56.2 cm³/mol. The largest absolute Gasteiger partial charge is 0.463 e. The summed E-state index contributed by atoms with van der Waals surface area (Å²) < 4.78 is 9.77. The van der Waals surface area contributed by atoms with Gasteiger partial charge in [-0.2, -0.15) is 0 Å². The number of ether oxygens (including phenoxy) is 2. The average Bonchev–Trinajstić information content (AvgIpc) is 2.14. The summed E-state index contributed by atoms with van der Waals surface area (Å²) in [5.41, 5.74) is -1.21. The molecule has 0 amide bonds. The van der Waals surface area contributed by atoms with E-state index in [1.807, 2.05) is 6.92 Å². The Bertz CT molecular complexity index is 253. The lowest BCUT2D eigenvalue weighted by Crippen LogP contribution is -2.38. The van der Waals surface area contributed by atoms with Gasteiger partial charge in [0.25, 0.3) is 0 Å². The fourth-order valence-electron chi connectivity index (χ4n) is 0.887. The highest BCUT2D eigenvalue weighted by atomic mass is 16.6. The maximum Gasteiger partial charge on any atom is 0.349 e. The van der Waals surface area contributed by atoms with E-state index in [0.717, 1.165) is 0 Å². The molecule has 0 aromatic carbocycles. The fraction of sp³-hybridized carbons (Fsp3) is 0.636. The summed E-state index contributed by atoms with van der Waals surface area (Å²) in [5.74, 6) is -0.968. The van der Waals surface area contributed by atoms with Crippen LogP contribution in [-0.2, 0) is 19.1 Å². The molecule has 0 fully saturated rings. The molecular weight excluding hydrogens is 196 g/mol. The monoisotopic (exact) mass is 214 g/mol. The fourth-order valence-corrected chi connectivity index (χ4v) is 0.887. The lowest BCUT2D eigenvalue weighted by atomic mass is 10.1. The third kappa shape index (κ3) is 5.20. The van der Waals surface area contributed by atoms with E-state index >= 15 is 0 Å². The summed E-state index contributed by atoms with van der Waals surface area (Å²) in [7, 11) is 0. The summed E-state index contributed by atoms with van der Waals surface area (Å²) in [4.78, 5) is 22.6. The van der Waals surface area contributed by atoms with Gasteiger partial charge in [0.1, 0.15) is 0 Å². The van der Waals surface area contributed by atoms with Crippen LogP contribution in [0.3, 0.4) is 0 Å². The second-order valence-electron chi connectivity index (χ2n) is 3.48. The van der Waals surface area contributed by atoms with Crippen LogP contribution in [0.5, 0.6) is 0 Å². The van der Waals surface area contributed by atoms with Crippen molar-refractivity contribution >= 4 is 11.9 Å². The number of carbonyl (C=O) groups is 2. The van der Waals surface area contributed by atoms with Gasteiger partial charge in [0, 0.05) is 0 Å². The molecule has 0 rings (SSSR count). The van der Waals surface area contributed by atoms with Crippen molar-refractivity contribution in [3.63, 3.8) is 0 Å². The van der Waals surface area contributed by atoms with Crippen molar-refractivity contribution < 1.29 is 19.1 Å². The van der Waals surface area contributed by atoms with Crippen LogP contribution in [0.1, 0.15) is 34.1 Å². The summed E-state index contributed by atoms with van der Waals surface area (Å²) >= 11 is 0. The Morgan fingerprint density at radius 1 is 1.33 bits per heavy atom. The van der Waals surface area contributed by atoms with Gasteiger partial charge in [-0.05, 0) is 27.7 Å². The molecule has 0 bridgehead atoms. The Kier molecular flexibility index (Phi) is 5.67. The standard InChI is InChI=1S/C11H18O4/c1-5-7-8-9(12)15-11(3,4)10(13)14-6-2/h5,7H,6,8H2,1-4H3. The highest BCUT2D eigenvalue weighted by Gasteiger charge is 2.33. The first-order valence-electron chi connectivity index (χ1n) is 4.94. The van der Waals surface area contributed by atoms with Crippen LogP contribution in [-0.4, -0.2) is 24.1 Å². The zero-order chi connectivity index (χ0) is 11.9. The molecule has 0 spiro atoms. The van der Waals surface area contributed by atoms with E-state index in [1.54, 1.807) is 19.1 Å². The third-order valence-corrected chi connectivity index (χ3v) is 1.66. The van der Waals surface area contributed by atoms with Crippen LogP contribution in [0, 0.1) is 0 Å². The molecule has 0 N–H and O–H groups in total. The summed E-state index contributed by atoms with van der Waals surface area (Å²) in [6.45, 7) is 6.81. The second kappa shape index (κ2) is 6.22. The average molecular weight is 214 g/mol. The van der Waals surface area contributed by atoms with Crippen LogP contribution >= 0.6 is 0 Å². The molecule has 0 saturated carbocycles. The number of esters is 2. The van der Waals surface area contributed by atoms with Crippen molar-refractivity contribution in [1.29, 1.82) is 0 Å². The molecule has 0 heterocycles. The van der Waals surface area contributed by atoms with E-state index < -0.39 is 17.5 Å². The Balaban J connectivity index is 4.23. The predicted octanol–water partition coefficient (Wildman–Crippen LogP) is 1.84. The van der Waals surface area contributed by atoms with Gasteiger partial charge >= 0.3 is 11.9 Å². The van der Waals surface area contributed by atoms with Crippen LogP contribution in [0.4, 0.5) is 0 Å². The first-order valence-corrected chi connectivity index (χ1v) is 4.94. The van der Waals surface area contributed by atoms with Crippen molar-refractivity contribution in [1.82, 2.24) is 0 Å². The molecule has 0 aromatic heterocycles. The van der Waals surface area contributed by atoms with Gasteiger partial charge in [-0.3, -0.25) is 4.79 Å². The van der Waals surface area contributed by atoms with Crippen LogP contribution in [0.25, 0.3) is 0 Å². The molecule has 15 heavy (non-hydrogen) atoms. The number of hydrogen-bond donors (Lipinski definition) is 0. The van der Waals surface area contributed by atoms with E-state index in [2.05, 4.69) is 0 Å². The topological polar surface area (TPSA) is 52.6 Å². The van der Waals surface area contributed by atoms with Crippen molar-refractivity contribution in [3.05, 3.63) is 12.2 Å². The first-order chi connectivity index (χ1) is 6.94. The molecule has 4 nitrogen and oxygen atoms in total. The number of allylic oxidation sites excluding steroid dienone is 1. The van der Waals surface area contributed by atoms with Gasteiger partial charge in [0.15, 0.2) is 0 Å². The maximum atomic E-state index is 11.4. The molecule has 0 aliphatic heterocycles. The molecule has 0 aliphatic rings. The maximum absolute atomic E-state index is 11.4.